The van der Waals surface area contributed by atoms with Gasteiger partial charge in [0.25, 0.3) is 5.91 Å². The van der Waals surface area contributed by atoms with Crippen LogP contribution < -0.4 is 0 Å². The summed E-state index contributed by atoms with van der Waals surface area (Å²) in [5.41, 5.74) is 2.78. The van der Waals surface area contributed by atoms with Gasteiger partial charge in [-0.15, -0.1) is 0 Å². The molecule has 0 aliphatic carbocycles. The number of nitrogens with zero attached hydrogens (tertiary/aromatic N) is 3. The molecule has 27 heavy (non-hydrogen) atoms. The van der Waals surface area contributed by atoms with E-state index in [2.05, 4.69) is 0 Å². The van der Waals surface area contributed by atoms with Gasteiger partial charge in [0.1, 0.15) is 6.07 Å². The van der Waals surface area contributed by atoms with E-state index in [0.29, 0.717) is 18.7 Å². The van der Waals surface area contributed by atoms with Crippen LogP contribution in [0.5, 0.6) is 0 Å². The van der Waals surface area contributed by atoms with E-state index in [1.165, 1.54) is 16.4 Å². The van der Waals surface area contributed by atoms with Gasteiger partial charge in [0.05, 0.1) is 10.5 Å². The van der Waals surface area contributed by atoms with E-state index in [-0.39, 0.29) is 29.5 Å². The van der Waals surface area contributed by atoms with Crippen molar-refractivity contribution in [3.05, 3.63) is 64.7 Å². The van der Waals surface area contributed by atoms with Crippen LogP contribution in [-0.4, -0.2) is 49.7 Å². The molecular weight excluding hydrogens is 362 g/mol. The highest BCUT2D eigenvalue weighted by Gasteiger charge is 2.32. The van der Waals surface area contributed by atoms with Gasteiger partial charge in [-0.25, -0.2) is 8.42 Å². The molecule has 140 valence electrons. The largest absolute Gasteiger partial charge is 0.336 e. The van der Waals surface area contributed by atoms with Crippen LogP contribution in [0.15, 0.2) is 47.4 Å². The van der Waals surface area contributed by atoms with Crippen molar-refractivity contribution in [2.75, 3.05) is 26.2 Å². The van der Waals surface area contributed by atoms with Gasteiger partial charge in [0.15, 0.2) is 0 Å². The number of aryl methyl sites for hydroxylation is 2. The second-order valence-electron chi connectivity index (χ2n) is 6.62. The topological polar surface area (TPSA) is 81.5 Å². The zero-order chi connectivity index (χ0) is 19.6. The molecule has 1 aliphatic rings. The van der Waals surface area contributed by atoms with Crippen molar-refractivity contribution in [3.63, 3.8) is 0 Å². The minimum absolute atomic E-state index is 0.0154. The van der Waals surface area contributed by atoms with Crippen molar-refractivity contribution < 1.29 is 13.2 Å². The first-order valence-corrected chi connectivity index (χ1v) is 10.1. The number of nitriles is 1. The van der Waals surface area contributed by atoms with Gasteiger partial charge < -0.3 is 4.90 Å². The molecule has 0 unspecified atom stereocenters. The number of carbonyl (C=O) groups is 1. The highest BCUT2D eigenvalue weighted by atomic mass is 32.2. The maximum Gasteiger partial charge on any atom is 0.254 e. The van der Waals surface area contributed by atoms with E-state index < -0.39 is 10.0 Å². The molecular formula is C20H21N3O3S. The molecule has 0 aromatic heterocycles. The maximum absolute atomic E-state index is 12.9. The summed E-state index contributed by atoms with van der Waals surface area (Å²) in [6, 6.07) is 13.8. The summed E-state index contributed by atoms with van der Waals surface area (Å²) in [7, 11) is -3.76. The number of amides is 1. The highest BCUT2D eigenvalue weighted by molar-refractivity contribution is 7.89. The Morgan fingerprint density at radius 2 is 1.70 bits per heavy atom. The van der Waals surface area contributed by atoms with Crippen LogP contribution in [-0.2, 0) is 10.0 Å². The molecule has 7 heteroatoms. The van der Waals surface area contributed by atoms with E-state index >= 15 is 0 Å². The fourth-order valence-corrected chi connectivity index (χ4v) is 4.84. The van der Waals surface area contributed by atoms with Crippen LogP contribution in [0.2, 0.25) is 0 Å². The molecule has 0 atom stereocenters. The number of benzene rings is 2. The van der Waals surface area contributed by atoms with Crippen molar-refractivity contribution in [1.29, 1.82) is 5.26 Å². The Bertz CT molecular complexity index is 1020. The average Bonchev–Trinajstić information content (AvgIpc) is 2.67. The van der Waals surface area contributed by atoms with E-state index in [1.54, 1.807) is 17.0 Å². The van der Waals surface area contributed by atoms with Gasteiger partial charge in [0.2, 0.25) is 10.0 Å². The van der Waals surface area contributed by atoms with Crippen molar-refractivity contribution in [3.8, 4) is 6.07 Å². The van der Waals surface area contributed by atoms with Crippen molar-refractivity contribution in [2.45, 2.75) is 18.7 Å². The Balaban J connectivity index is 1.75. The summed E-state index contributed by atoms with van der Waals surface area (Å²) in [5, 5.41) is 9.18. The van der Waals surface area contributed by atoms with Crippen molar-refractivity contribution in [2.24, 2.45) is 0 Å². The van der Waals surface area contributed by atoms with Gasteiger partial charge in [0, 0.05) is 31.7 Å². The van der Waals surface area contributed by atoms with Gasteiger partial charge >= 0.3 is 0 Å². The number of rotatable bonds is 3. The standard InChI is InChI=1S/C20H21N3O3S/c1-15-7-8-18(16(2)13-15)20(24)22-9-11-23(12-10-22)27(25,26)19-6-4-3-5-17(19)14-21/h3-8,13H,9-12H2,1-2H3. The Labute approximate surface area is 159 Å². The fourth-order valence-electron chi connectivity index (χ4n) is 3.28. The zero-order valence-electron chi connectivity index (χ0n) is 15.3. The van der Waals surface area contributed by atoms with Crippen molar-refractivity contribution >= 4 is 15.9 Å². The molecule has 1 saturated heterocycles. The van der Waals surface area contributed by atoms with Crippen molar-refractivity contribution in [1.82, 2.24) is 9.21 Å². The molecule has 0 saturated carbocycles. The lowest BCUT2D eigenvalue weighted by atomic mass is 10.0. The molecule has 0 spiro atoms. The molecule has 1 amide bonds. The van der Waals surface area contributed by atoms with Crippen LogP contribution in [0.4, 0.5) is 0 Å². The Morgan fingerprint density at radius 1 is 1.04 bits per heavy atom. The molecule has 1 aliphatic heterocycles. The summed E-state index contributed by atoms with van der Waals surface area (Å²) < 4.78 is 27.1. The van der Waals surface area contributed by atoms with Crippen LogP contribution in [0, 0.1) is 25.2 Å². The van der Waals surface area contributed by atoms with Gasteiger partial charge in [-0.05, 0) is 37.6 Å². The molecule has 2 aromatic rings. The summed E-state index contributed by atoms with van der Waals surface area (Å²) in [6.07, 6.45) is 0. The van der Waals surface area contributed by atoms with E-state index in [0.717, 1.165) is 11.1 Å². The summed E-state index contributed by atoms with van der Waals surface area (Å²) in [6.45, 7) is 4.93. The molecule has 0 bridgehead atoms. The van der Waals surface area contributed by atoms with Gasteiger partial charge in [-0.1, -0.05) is 29.8 Å². The number of carbonyl (C=O) groups excluding carboxylic acids is 1. The zero-order valence-corrected chi connectivity index (χ0v) is 16.2. The number of sulfonamides is 1. The van der Waals surface area contributed by atoms with E-state index in [4.69, 9.17) is 0 Å². The SMILES string of the molecule is Cc1ccc(C(=O)N2CCN(S(=O)(=O)c3ccccc3C#N)CC2)c(C)c1. The van der Waals surface area contributed by atoms with Crippen LogP contribution >= 0.6 is 0 Å². The number of hydrogen-bond donors (Lipinski definition) is 0. The van der Waals surface area contributed by atoms with Gasteiger partial charge in [-0.3, -0.25) is 4.79 Å². The predicted molar refractivity (Wildman–Crippen MR) is 102 cm³/mol. The monoisotopic (exact) mass is 383 g/mol. The first kappa shape index (κ1) is 19.1. The third-order valence-electron chi connectivity index (χ3n) is 4.76. The lowest BCUT2D eigenvalue weighted by Gasteiger charge is -2.34. The summed E-state index contributed by atoms with van der Waals surface area (Å²) >= 11 is 0. The van der Waals surface area contributed by atoms with Crippen LogP contribution in [0.3, 0.4) is 0 Å². The smallest absolute Gasteiger partial charge is 0.254 e. The van der Waals surface area contributed by atoms with Crippen LogP contribution in [0.1, 0.15) is 27.0 Å². The fraction of sp³-hybridized carbons (Fsp3) is 0.300. The second kappa shape index (κ2) is 7.51. The Morgan fingerprint density at radius 3 is 2.33 bits per heavy atom. The number of hydrogen-bond acceptors (Lipinski definition) is 4. The number of piperazine rings is 1. The molecule has 0 N–H and O–H groups in total. The highest BCUT2D eigenvalue weighted by Crippen LogP contribution is 2.22. The molecule has 3 rings (SSSR count). The van der Waals surface area contributed by atoms with E-state index in [9.17, 15) is 18.5 Å². The average molecular weight is 383 g/mol. The second-order valence-corrected chi connectivity index (χ2v) is 8.53. The molecule has 0 radical (unpaired) electrons. The minimum atomic E-state index is -3.76. The first-order valence-electron chi connectivity index (χ1n) is 8.70. The summed E-state index contributed by atoms with van der Waals surface area (Å²) in [4.78, 5) is 14.5. The minimum Gasteiger partial charge on any atom is -0.336 e. The van der Waals surface area contributed by atoms with E-state index in [1.807, 2.05) is 38.1 Å². The normalized spacial score (nSPS) is 15.4. The first-order chi connectivity index (χ1) is 12.8. The lowest BCUT2D eigenvalue weighted by Crippen LogP contribution is -2.50. The molecule has 1 heterocycles. The maximum atomic E-state index is 12.9. The Hall–Kier alpha value is -2.69. The molecule has 1 fully saturated rings. The molecule has 6 nitrogen and oxygen atoms in total. The molecule has 2 aromatic carbocycles. The summed E-state index contributed by atoms with van der Waals surface area (Å²) in [5.74, 6) is -0.0815. The third-order valence-corrected chi connectivity index (χ3v) is 6.72. The predicted octanol–water partition coefficient (Wildman–Crippen LogP) is 2.32. The quantitative estimate of drug-likeness (QED) is 0.815. The lowest BCUT2D eigenvalue weighted by molar-refractivity contribution is 0.0697. The Kier molecular flexibility index (Phi) is 5.31. The third kappa shape index (κ3) is 3.72. The van der Waals surface area contributed by atoms with Gasteiger partial charge in [-0.2, -0.15) is 9.57 Å². The van der Waals surface area contributed by atoms with Crippen LogP contribution in [0.25, 0.3) is 0 Å².